The highest BCUT2D eigenvalue weighted by molar-refractivity contribution is 7.46. The first-order chi connectivity index (χ1) is 17.9. The maximum atomic E-state index is 13.4. The van der Waals surface area contributed by atoms with Crippen LogP contribution in [0.5, 0.6) is 5.75 Å². The summed E-state index contributed by atoms with van der Waals surface area (Å²) < 4.78 is 15.7. The van der Waals surface area contributed by atoms with Crippen molar-refractivity contribution in [2.45, 2.75) is 90.3 Å². The molecule has 1 rings (SSSR count). The Morgan fingerprint density at radius 3 is 2.18 bits per heavy atom. The molecule has 13 heteroatoms. The van der Waals surface area contributed by atoms with Crippen LogP contribution in [0, 0.1) is 0 Å². The van der Waals surface area contributed by atoms with Crippen LogP contribution in [0.25, 0.3) is 0 Å². The van der Waals surface area contributed by atoms with E-state index in [4.69, 9.17) is 20.6 Å². The Bertz CT molecular complexity index is 944. The third-order valence-corrected chi connectivity index (χ3v) is 6.38. The molecule has 1 aromatic carbocycles. The maximum absolute atomic E-state index is 13.4. The first-order valence-corrected chi connectivity index (χ1v) is 14.5. The molecular formula is C25H42N3O9P. The average molecular weight is 560 g/mol. The van der Waals surface area contributed by atoms with Crippen LogP contribution in [0.1, 0.15) is 76.3 Å². The van der Waals surface area contributed by atoms with Gasteiger partial charge in [0.05, 0.1) is 12.6 Å². The van der Waals surface area contributed by atoms with Gasteiger partial charge in [-0.05, 0) is 43.4 Å². The van der Waals surface area contributed by atoms with Crippen molar-refractivity contribution in [2.75, 3.05) is 13.1 Å². The Hall–Kier alpha value is -2.50. The van der Waals surface area contributed by atoms with Crippen molar-refractivity contribution in [3.8, 4) is 5.75 Å². The zero-order valence-electron chi connectivity index (χ0n) is 22.2. The summed E-state index contributed by atoms with van der Waals surface area (Å²) in [4.78, 5) is 57.2. The van der Waals surface area contributed by atoms with Crippen LogP contribution < -0.4 is 15.6 Å². The van der Waals surface area contributed by atoms with E-state index in [0.717, 1.165) is 38.5 Å². The molecule has 0 saturated carbocycles. The van der Waals surface area contributed by atoms with Crippen molar-refractivity contribution >= 4 is 25.6 Å². The molecular weight excluding hydrogens is 517 g/mol. The maximum Gasteiger partial charge on any atom is 0.524 e. The van der Waals surface area contributed by atoms with E-state index in [2.05, 4.69) is 23.7 Å². The number of aliphatic carboxylic acids is 1. The van der Waals surface area contributed by atoms with Crippen LogP contribution in [0.4, 0.5) is 0 Å². The van der Waals surface area contributed by atoms with Crippen LogP contribution in [-0.2, 0) is 32.0 Å². The van der Waals surface area contributed by atoms with Crippen molar-refractivity contribution in [1.29, 1.82) is 0 Å². The standard InChI is InChI=1S/C25H42N3O9P/c1-3-5-7-13-28(14-8-6-4-2)25(33)21(10-12-23(30)31)27-24(32)20(26)16-18-9-11-22(19(15-18)17-29)37-38(34,35)36/h9,11,15,20-21,29H,3-8,10,12-14,16-17,26H2,1-2H3,(H,27,32)(H,30,31)(H2,34,35,36)/t20-,21-/m0/s1. The lowest BCUT2D eigenvalue weighted by molar-refractivity contribution is -0.139. The summed E-state index contributed by atoms with van der Waals surface area (Å²) in [7, 11) is -4.83. The molecule has 0 unspecified atom stereocenters. The van der Waals surface area contributed by atoms with E-state index in [9.17, 15) is 24.1 Å². The Labute approximate surface area is 223 Å². The number of carbonyl (C=O) groups excluding carboxylic acids is 2. The molecule has 38 heavy (non-hydrogen) atoms. The summed E-state index contributed by atoms with van der Waals surface area (Å²) in [6.07, 6.45) is 5.09. The second-order valence-corrected chi connectivity index (χ2v) is 10.4. The van der Waals surface area contributed by atoms with E-state index >= 15 is 0 Å². The van der Waals surface area contributed by atoms with Gasteiger partial charge in [-0.3, -0.25) is 24.2 Å². The first kappa shape index (κ1) is 33.5. The fourth-order valence-electron chi connectivity index (χ4n) is 3.91. The summed E-state index contributed by atoms with van der Waals surface area (Å²) in [5, 5.41) is 21.3. The van der Waals surface area contributed by atoms with Crippen molar-refractivity contribution in [3.05, 3.63) is 29.3 Å². The number of aliphatic hydroxyl groups excluding tert-OH is 1. The lowest BCUT2D eigenvalue weighted by Gasteiger charge is -2.28. The molecule has 0 spiro atoms. The number of phosphoric ester groups is 1. The molecule has 0 aliphatic rings. The predicted octanol–water partition coefficient (Wildman–Crippen LogP) is 2.08. The molecule has 0 bridgehead atoms. The van der Waals surface area contributed by atoms with Crippen LogP contribution in [0.2, 0.25) is 0 Å². The Morgan fingerprint density at radius 2 is 1.68 bits per heavy atom. The molecule has 7 N–H and O–H groups in total. The normalized spacial score (nSPS) is 13.0. The second-order valence-electron chi connectivity index (χ2n) is 9.23. The Morgan fingerprint density at radius 1 is 1.08 bits per heavy atom. The smallest absolute Gasteiger partial charge is 0.481 e. The number of aliphatic hydroxyl groups is 1. The fraction of sp³-hybridized carbons (Fsp3) is 0.640. The summed E-state index contributed by atoms with van der Waals surface area (Å²) in [6, 6.07) is 1.97. The van der Waals surface area contributed by atoms with Gasteiger partial charge in [0.25, 0.3) is 0 Å². The number of unbranched alkanes of at least 4 members (excludes halogenated alkanes) is 4. The van der Waals surface area contributed by atoms with Gasteiger partial charge >= 0.3 is 13.8 Å². The number of nitrogens with zero attached hydrogens (tertiary/aromatic N) is 1. The number of carboxylic acid groups (broad SMARTS) is 1. The number of benzene rings is 1. The van der Waals surface area contributed by atoms with E-state index in [1.54, 1.807) is 4.90 Å². The van der Waals surface area contributed by atoms with Crippen LogP contribution in [0.3, 0.4) is 0 Å². The summed E-state index contributed by atoms with van der Waals surface area (Å²) >= 11 is 0. The van der Waals surface area contributed by atoms with Gasteiger partial charge in [0.2, 0.25) is 11.8 Å². The molecule has 2 atom stereocenters. The number of amides is 2. The molecule has 0 aliphatic carbocycles. The zero-order chi connectivity index (χ0) is 28.7. The molecule has 0 saturated heterocycles. The summed E-state index contributed by atoms with van der Waals surface area (Å²) in [5.74, 6) is -2.26. The van der Waals surface area contributed by atoms with Crippen molar-refractivity contribution in [3.63, 3.8) is 0 Å². The molecule has 2 amide bonds. The zero-order valence-corrected chi connectivity index (χ0v) is 23.1. The largest absolute Gasteiger partial charge is 0.524 e. The predicted molar refractivity (Wildman–Crippen MR) is 141 cm³/mol. The number of carboxylic acids is 1. The van der Waals surface area contributed by atoms with Gasteiger partial charge in [-0.2, -0.15) is 0 Å². The lowest BCUT2D eigenvalue weighted by Crippen LogP contribution is -2.53. The van der Waals surface area contributed by atoms with Crippen LogP contribution in [0.15, 0.2) is 18.2 Å². The van der Waals surface area contributed by atoms with E-state index in [1.165, 1.54) is 18.2 Å². The number of phosphoric acid groups is 1. The minimum absolute atomic E-state index is 0.00835. The van der Waals surface area contributed by atoms with Gasteiger partial charge in [0, 0.05) is 25.1 Å². The topological polar surface area (TPSA) is 200 Å². The number of hydrogen-bond acceptors (Lipinski definition) is 7. The van der Waals surface area contributed by atoms with Crippen LogP contribution in [-0.4, -0.2) is 67.9 Å². The number of nitrogens with one attached hydrogen (secondary N) is 1. The fourth-order valence-corrected chi connectivity index (χ4v) is 4.34. The highest BCUT2D eigenvalue weighted by atomic mass is 31.2. The van der Waals surface area contributed by atoms with Crippen molar-refractivity contribution < 1.29 is 43.5 Å². The number of hydrogen-bond donors (Lipinski definition) is 6. The van der Waals surface area contributed by atoms with Gasteiger partial charge in [0.1, 0.15) is 11.8 Å². The van der Waals surface area contributed by atoms with Gasteiger partial charge in [0.15, 0.2) is 0 Å². The van der Waals surface area contributed by atoms with Crippen molar-refractivity contribution in [1.82, 2.24) is 10.2 Å². The first-order valence-electron chi connectivity index (χ1n) is 13.0. The summed E-state index contributed by atoms with van der Waals surface area (Å²) in [5.41, 5.74) is 6.68. The van der Waals surface area contributed by atoms with Gasteiger partial charge in [-0.1, -0.05) is 45.6 Å². The third-order valence-electron chi connectivity index (χ3n) is 5.94. The highest BCUT2D eigenvalue weighted by Crippen LogP contribution is 2.39. The average Bonchev–Trinajstić information content (AvgIpc) is 2.85. The quantitative estimate of drug-likeness (QED) is 0.108. The Kier molecular flexibility index (Phi) is 15.1. The molecule has 0 aliphatic heterocycles. The van der Waals surface area contributed by atoms with E-state index in [0.29, 0.717) is 18.7 Å². The third kappa shape index (κ3) is 12.8. The molecule has 12 nitrogen and oxygen atoms in total. The second kappa shape index (κ2) is 17.2. The lowest BCUT2D eigenvalue weighted by atomic mass is 10.0. The molecule has 0 fully saturated rings. The van der Waals surface area contributed by atoms with Crippen LogP contribution >= 0.6 is 7.82 Å². The Balaban J connectivity index is 2.99. The summed E-state index contributed by atoms with van der Waals surface area (Å²) in [6.45, 7) is 4.59. The molecule has 0 aromatic heterocycles. The van der Waals surface area contributed by atoms with Crippen molar-refractivity contribution in [2.24, 2.45) is 5.73 Å². The van der Waals surface area contributed by atoms with Gasteiger partial charge < -0.3 is 30.7 Å². The van der Waals surface area contributed by atoms with Gasteiger partial charge in [-0.25, -0.2) is 4.57 Å². The van der Waals surface area contributed by atoms with E-state index in [1.807, 2.05) is 0 Å². The SMILES string of the molecule is CCCCCN(CCCCC)C(=O)[C@H](CCC(=O)O)NC(=O)[C@@H](N)Cc1ccc(OP(=O)(O)O)c(CO)c1. The monoisotopic (exact) mass is 559 g/mol. The number of rotatable bonds is 19. The minimum atomic E-state index is -4.83. The molecule has 1 aromatic rings. The van der Waals surface area contributed by atoms with Gasteiger partial charge in [-0.15, -0.1) is 0 Å². The van der Waals surface area contributed by atoms with E-state index < -0.39 is 38.4 Å². The molecule has 216 valence electrons. The number of nitrogens with two attached hydrogens (primary N) is 1. The molecule has 0 radical (unpaired) electrons. The number of carbonyl (C=O) groups is 3. The minimum Gasteiger partial charge on any atom is -0.481 e. The highest BCUT2D eigenvalue weighted by Gasteiger charge is 2.28. The molecule has 0 heterocycles. The van der Waals surface area contributed by atoms with E-state index in [-0.39, 0.29) is 36.5 Å².